The second kappa shape index (κ2) is 3.87. The number of thiazole rings is 1. The lowest BCUT2D eigenvalue weighted by Gasteiger charge is -2.29. The molecule has 0 spiro atoms. The van der Waals surface area contributed by atoms with Crippen molar-refractivity contribution >= 4 is 11.3 Å². The first-order valence-corrected chi connectivity index (χ1v) is 6.92. The van der Waals surface area contributed by atoms with Crippen LogP contribution in [-0.2, 0) is 0 Å². The molecule has 2 aliphatic rings. The third-order valence-corrected chi connectivity index (χ3v) is 4.53. The summed E-state index contributed by atoms with van der Waals surface area (Å²) in [4.78, 5) is 4.74. The van der Waals surface area contributed by atoms with Crippen LogP contribution < -0.4 is 5.32 Å². The molecule has 2 saturated carbocycles. The Hall–Kier alpha value is -0.410. The van der Waals surface area contributed by atoms with Gasteiger partial charge in [-0.15, -0.1) is 11.3 Å². The predicted octanol–water partition coefficient (Wildman–Crippen LogP) is 3.22. The predicted molar refractivity (Wildman–Crippen MR) is 63.3 cm³/mol. The minimum atomic E-state index is 0.444. The van der Waals surface area contributed by atoms with E-state index in [-0.39, 0.29) is 0 Å². The SMILES string of the molecule is CC(NC1CCC1)c1csc(C2CC2)n1. The lowest BCUT2D eigenvalue weighted by atomic mass is 9.92. The molecule has 1 atom stereocenters. The topological polar surface area (TPSA) is 24.9 Å². The van der Waals surface area contributed by atoms with Crippen LogP contribution in [0.4, 0.5) is 0 Å². The van der Waals surface area contributed by atoms with Crippen LogP contribution in [0.25, 0.3) is 0 Å². The van der Waals surface area contributed by atoms with Gasteiger partial charge in [-0.3, -0.25) is 0 Å². The summed E-state index contributed by atoms with van der Waals surface area (Å²) < 4.78 is 0. The molecule has 2 nitrogen and oxygen atoms in total. The summed E-state index contributed by atoms with van der Waals surface area (Å²) in [6.07, 6.45) is 6.82. The number of rotatable bonds is 4. The molecule has 82 valence electrons. The van der Waals surface area contributed by atoms with Gasteiger partial charge in [-0.05, 0) is 32.6 Å². The van der Waals surface area contributed by atoms with Crippen molar-refractivity contribution in [3.8, 4) is 0 Å². The summed E-state index contributed by atoms with van der Waals surface area (Å²) in [5.74, 6) is 0.805. The normalized spacial score (nSPS) is 23.8. The van der Waals surface area contributed by atoms with E-state index in [0.29, 0.717) is 6.04 Å². The number of hydrogen-bond donors (Lipinski definition) is 1. The smallest absolute Gasteiger partial charge is 0.0959 e. The molecular weight excluding hydrogens is 204 g/mol. The fraction of sp³-hybridized carbons (Fsp3) is 0.750. The van der Waals surface area contributed by atoms with Gasteiger partial charge in [0.25, 0.3) is 0 Å². The zero-order valence-electron chi connectivity index (χ0n) is 9.20. The van der Waals surface area contributed by atoms with Gasteiger partial charge in [0.15, 0.2) is 0 Å². The van der Waals surface area contributed by atoms with Crippen molar-refractivity contribution in [2.24, 2.45) is 0 Å². The van der Waals surface area contributed by atoms with Crippen molar-refractivity contribution in [3.05, 3.63) is 16.1 Å². The molecule has 3 heteroatoms. The Balaban J connectivity index is 1.62. The van der Waals surface area contributed by atoms with E-state index in [9.17, 15) is 0 Å². The highest BCUT2D eigenvalue weighted by Crippen LogP contribution is 2.41. The van der Waals surface area contributed by atoms with Gasteiger partial charge in [0.1, 0.15) is 0 Å². The first kappa shape index (κ1) is 9.79. The molecule has 15 heavy (non-hydrogen) atoms. The standard InChI is InChI=1S/C12H18N2S/c1-8(13-10-3-2-4-10)11-7-15-12(14-11)9-5-6-9/h7-10,13H,2-6H2,1H3. The van der Waals surface area contributed by atoms with Gasteiger partial charge in [0.2, 0.25) is 0 Å². The third kappa shape index (κ3) is 2.08. The highest BCUT2D eigenvalue weighted by Gasteiger charge is 2.27. The minimum absolute atomic E-state index is 0.444. The summed E-state index contributed by atoms with van der Waals surface area (Å²) in [6.45, 7) is 2.24. The van der Waals surface area contributed by atoms with Gasteiger partial charge in [-0.1, -0.05) is 6.42 Å². The monoisotopic (exact) mass is 222 g/mol. The largest absolute Gasteiger partial charge is 0.306 e. The maximum absolute atomic E-state index is 4.74. The third-order valence-electron chi connectivity index (χ3n) is 3.50. The van der Waals surface area contributed by atoms with Crippen molar-refractivity contribution in [2.45, 2.75) is 57.0 Å². The fourth-order valence-electron chi connectivity index (χ4n) is 2.03. The molecule has 3 rings (SSSR count). The summed E-state index contributed by atoms with van der Waals surface area (Å²) in [6, 6.07) is 1.20. The average Bonchev–Trinajstić information content (AvgIpc) is 2.90. The Labute approximate surface area is 95.1 Å². The molecule has 0 amide bonds. The molecule has 1 aromatic heterocycles. The lowest BCUT2D eigenvalue weighted by molar-refractivity contribution is 0.311. The summed E-state index contributed by atoms with van der Waals surface area (Å²) in [5.41, 5.74) is 1.26. The van der Waals surface area contributed by atoms with Gasteiger partial charge in [-0.25, -0.2) is 4.98 Å². The number of nitrogens with one attached hydrogen (secondary N) is 1. The summed E-state index contributed by atoms with van der Waals surface area (Å²) >= 11 is 1.85. The van der Waals surface area contributed by atoms with Crippen molar-refractivity contribution < 1.29 is 0 Å². The first-order valence-electron chi connectivity index (χ1n) is 6.04. The molecular formula is C12H18N2S. The maximum Gasteiger partial charge on any atom is 0.0959 e. The molecule has 1 heterocycles. The second-order valence-corrected chi connectivity index (χ2v) is 5.79. The fourth-order valence-corrected chi connectivity index (χ4v) is 3.12. The van der Waals surface area contributed by atoms with E-state index < -0.39 is 0 Å². The van der Waals surface area contributed by atoms with Crippen LogP contribution in [0.2, 0.25) is 0 Å². The Morgan fingerprint density at radius 3 is 2.80 bits per heavy atom. The minimum Gasteiger partial charge on any atom is -0.306 e. The van der Waals surface area contributed by atoms with Crippen LogP contribution in [0.5, 0.6) is 0 Å². The Morgan fingerprint density at radius 1 is 1.40 bits per heavy atom. The van der Waals surface area contributed by atoms with E-state index in [1.165, 1.54) is 42.8 Å². The molecule has 2 fully saturated rings. The molecule has 0 aromatic carbocycles. The van der Waals surface area contributed by atoms with Gasteiger partial charge < -0.3 is 5.32 Å². The van der Waals surface area contributed by atoms with Crippen molar-refractivity contribution in [2.75, 3.05) is 0 Å². The van der Waals surface area contributed by atoms with Gasteiger partial charge in [-0.2, -0.15) is 0 Å². The highest BCUT2D eigenvalue weighted by molar-refractivity contribution is 7.09. The Kier molecular flexibility index (Phi) is 2.53. The quantitative estimate of drug-likeness (QED) is 0.846. The Morgan fingerprint density at radius 2 is 2.20 bits per heavy atom. The lowest BCUT2D eigenvalue weighted by Crippen LogP contribution is -2.36. The average molecular weight is 222 g/mol. The maximum atomic E-state index is 4.74. The molecule has 0 bridgehead atoms. The highest BCUT2D eigenvalue weighted by atomic mass is 32.1. The van der Waals surface area contributed by atoms with Crippen LogP contribution >= 0.6 is 11.3 Å². The van der Waals surface area contributed by atoms with Crippen molar-refractivity contribution in [1.82, 2.24) is 10.3 Å². The van der Waals surface area contributed by atoms with Crippen LogP contribution in [-0.4, -0.2) is 11.0 Å². The molecule has 0 radical (unpaired) electrons. The van der Waals surface area contributed by atoms with Crippen LogP contribution in [0.3, 0.4) is 0 Å². The van der Waals surface area contributed by atoms with Crippen molar-refractivity contribution in [3.63, 3.8) is 0 Å². The van der Waals surface area contributed by atoms with Gasteiger partial charge in [0.05, 0.1) is 10.7 Å². The molecule has 1 unspecified atom stereocenters. The van der Waals surface area contributed by atoms with E-state index >= 15 is 0 Å². The number of aromatic nitrogens is 1. The molecule has 2 aliphatic carbocycles. The van der Waals surface area contributed by atoms with Crippen LogP contribution in [0.1, 0.15) is 61.7 Å². The molecule has 0 saturated heterocycles. The second-order valence-electron chi connectivity index (χ2n) is 4.90. The zero-order chi connectivity index (χ0) is 10.3. The van der Waals surface area contributed by atoms with Crippen LogP contribution in [0.15, 0.2) is 5.38 Å². The van der Waals surface area contributed by atoms with E-state index in [1.54, 1.807) is 0 Å². The Bertz CT molecular complexity index is 339. The molecule has 0 aliphatic heterocycles. The first-order chi connectivity index (χ1) is 7.33. The number of hydrogen-bond acceptors (Lipinski definition) is 3. The summed E-state index contributed by atoms with van der Waals surface area (Å²) in [5, 5.41) is 7.26. The van der Waals surface area contributed by atoms with Gasteiger partial charge >= 0.3 is 0 Å². The van der Waals surface area contributed by atoms with Gasteiger partial charge in [0, 0.05) is 23.4 Å². The van der Waals surface area contributed by atoms with E-state index in [4.69, 9.17) is 4.98 Å². The summed E-state index contributed by atoms with van der Waals surface area (Å²) in [7, 11) is 0. The van der Waals surface area contributed by atoms with E-state index in [1.807, 2.05) is 11.3 Å². The van der Waals surface area contributed by atoms with Crippen LogP contribution in [0, 0.1) is 0 Å². The zero-order valence-corrected chi connectivity index (χ0v) is 10.0. The van der Waals surface area contributed by atoms with Crippen molar-refractivity contribution in [1.29, 1.82) is 0 Å². The van der Waals surface area contributed by atoms with E-state index in [2.05, 4.69) is 17.6 Å². The molecule has 1 aromatic rings. The molecule has 1 N–H and O–H groups in total. The number of nitrogens with zero attached hydrogens (tertiary/aromatic N) is 1. The van der Waals surface area contributed by atoms with E-state index in [0.717, 1.165) is 12.0 Å².